The summed E-state index contributed by atoms with van der Waals surface area (Å²) in [7, 11) is 0. The van der Waals surface area contributed by atoms with Gasteiger partial charge in [0.25, 0.3) is 11.5 Å². The molecule has 1 amide bonds. The van der Waals surface area contributed by atoms with Crippen LogP contribution in [0, 0.1) is 0 Å². The standard InChI is InChI=1S/C12H11N3O2/c13-10-6-2-1-5-9(10)12(17)14-15-8-4-3-7-11(15)16/h1-8H,13H2,(H,14,17). The topological polar surface area (TPSA) is 77.1 Å². The van der Waals surface area contributed by atoms with Crippen LogP contribution in [0.25, 0.3) is 0 Å². The van der Waals surface area contributed by atoms with Crippen molar-refractivity contribution in [2.75, 3.05) is 11.2 Å². The van der Waals surface area contributed by atoms with Crippen molar-refractivity contribution in [3.05, 3.63) is 64.6 Å². The molecule has 5 nitrogen and oxygen atoms in total. The van der Waals surface area contributed by atoms with Crippen molar-refractivity contribution in [1.29, 1.82) is 0 Å². The average molecular weight is 229 g/mol. The summed E-state index contributed by atoms with van der Waals surface area (Å²) in [5.41, 5.74) is 8.51. The van der Waals surface area contributed by atoms with Gasteiger partial charge in [-0.2, -0.15) is 0 Å². The van der Waals surface area contributed by atoms with Crippen LogP contribution in [0.5, 0.6) is 0 Å². The summed E-state index contributed by atoms with van der Waals surface area (Å²) in [5, 5.41) is 0. The van der Waals surface area contributed by atoms with E-state index in [0.717, 1.165) is 4.68 Å². The van der Waals surface area contributed by atoms with Gasteiger partial charge in [0, 0.05) is 18.0 Å². The third kappa shape index (κ3) is 2.34. The highest BCUT2D eigenvalue weighted by Crippen LogP contribution is 2.09. The molecule has 0 atom stereocenters. The first-order chi connectivity index (χ1) is 8.18. The first kappa shape index (κ1) is 10.9. The van der Waals surface area contributed by atoms with E-state index in [1.807, 2.05) is 0 Å². The number of anilines is 1. The number of carbonyl (C=O) groups is 1. The number of nitrogens with one attached hydrogen (secondary N) is 1. The molecule has 0 fully saturated rings. The van der Waals surface area contributed by atoms with Crippen LogP contribution in [0.2, 0.25) is 0 Å². The molecule has 0 aliphatic carbocycles. The number of pyridine rings is 1. The molecule has 0 radical (unpaired) electrons. The molecule has 1 aromatic carbocycles. The summed E-state index contributed by atoms with van der Waals surface area (Å²) in [4.78, 5) is 23.2. The quantitative estimate of drug-likeness (QED) is 0.748. The molecule has 0 aliphatic rings. The normalized spacial score (nSPS) is 9.88. The van der Waals surface area contributed by atoms with Crippen LogP contribution < -0.4 is 16.7 Å². The second-order valence-electron chi connectivity index (χ2n) is 3.44. The van der Waals surface area contributed by atoms with Crippen molar-refractivity contribution >= 4 is 11.6 Å². The van der Waals surface area contributed by atoms with Crippen molar-refractivity contribution in [2.24, 2.45) is 0 Å². The van der Waals surface area contributed by atoms with Gasteiger partial charge >= 0.3 is 0 Å². The van der Waals surface area contributed by atoms with Gasteiger partial charge in [-0.05, 0) is 18.2 Å². The van der Waals surface area contributed by atoms with E-state index in [1.54, 1.807) is 36.4 Å². The Morgan fingerprint density at radius 1 is 1.12 bits per heavy atom. The van der Waals surface area contributed by atoms with Gasteiger partial charge in [0.1, 0.15) is 0 Å². The molecule has 0 spiro atoms. The van der Waals surface area contributed by atoms with Crippen LogP contribution in [-0.4, -0.2) is 10.6 Å². The zero-order valence-corrected chi connectivity index (χ0v) is 8.96. The Labute approximate surface area is 97.5 Å². The highest BCUT2D eigenvalue weighted by molar-refractivity contribution is 6.03. The lowest BCUT2D eigenvalue weighted by atomic mass is 10.2. The molecule has 2 aromatic rings. The third-order valence-electron chi connectivity index (χ3n) is 2.25. The SMILES string of the molecule is Nc1ccccc1C(=O)Nn1ccccc1=O. The lowest BCUT2D eigenvalue weighted by Gasteiger charge is -2.08. The molecule has 0 aliphatic heterocycles. The lowest BCUT2D eigenvalue weighted by molar-refractivity contribution is 0.101. The molecule has 0 saturated heterocycles. The van der Waals surface area contributed by atoms with Crippen LogP contribution in [-0.2, 0) is 0 Å². The zero-order valence-electron chi connectivity index (χ0n) is 8.96. The van der Waals surface area contributed by atoms with E-state index in [0.29, 0.717) is 11.3 Å². The van der Waals surface area contributed by atoms with Crippen LogP contribution in [0.4, 0.5) is 5.69 Å². The number of hydrogen-bond acceptors (Lipinski definition) is 3. The summed E-state index contributed by atoms with van der Waals surface area (Å²) in [5.74, 6) is -0.420. The minimum atomic E-state index is -0.420. The Morgan fingerprint density at radius 2 is 1.82 bits per heavy atom. The van der Waals surface area contributed by atoms with Crippen molar-refractivity contribution in [3.8, 4) is 0 Å². The minimum Gasteiger partial charge on any atom is -0.398 e. The van der Waals surface area contributed by atoms with Crippen LogP contribution in [0.1, 0.15) is 10.4 Å². The first-order valence-electron chi connectivity index (χ1n) is 5.02. The largest absolute Gasteiger partial charge is 0.398 e. The number of rotatable bonds is 2. The Balaban J connectivity index is 2.27. The van der Waals surface area contributed by atoms with Crippen molar-refractivity contribution < 1.29 is 4.79 Å². The molecule has 86 valence electrons. The molecule has 3 N–H and O–H groups in total. The summed E-state index contributed by atoms with van der Waals surface area (Å²) in [6, 6.07) is 11.3. The number of para-hydroxylation sites is 1. The molecule has 5 heteroatoms. The third-order valence-corrected chi connectivity index (χ3v) is 2.25. The number of aromatic nitrogens is 1. The highest BCUT2D eigenvalue weighted by atomic mass is 16.2. The number of nitrogens with two attached hydrogens (primary N) is 1. The molecular formula is C12H11N3O2. The van der Waals surface area contributed by atoms with Crippen LogP contribution >= 0.6 is 0 Å². The number of carbonyl (C=O) groups excluding carboxylic acids is 1. The zero-order chi connectivity index (χ0) is 12.3. The average Bonchev–Trinajstić information content (AvgIpc) is 2.32. The molecular weight excluding hydrogens is 218 g/mol. The van der Waals surface area contributed by atoms with Gasteiger partial charge in [-0.3, -0.25) is 15.0 Å². The minimum absolute atomic E-state index is 0.310. The number of nitrogens with zero attached hydrogens (tertiary/aromatic N) is 1. The fourth-order valence-corrected chi connectivity index (χ4v) is 1.39. The number of nitrogen functional groups attached to an aromatic ring is 1. The van der Waals surface area contributed by atoms with Gasteiger partial charge in [-0.1, -0.05) is 18.2 Å². The fraction of sp³-hybridized carbons (Fsp3) is 0. The molecule has 0 saturated carbocycles. The van der Waals surface area contributed by atoms with Crippen molar-refractivity contribution in [1.82, 2.24) is 4.68 Å². The second kappa shape index (κ2) is 4.52. The van der Waals surface area contributed by atoms with E-state index in [9.17, 15) is 9.59 Å². The highest BCUT2D eigenvalue weighted by Gasteiger charge is 2.08. The van der Waals surface area contributed by atoms with Crippen molar-refractivity contribution in [2.45, 2.75) is 0 Å². The maximum atomic E-state index is 11.8. The molecule has 1 aromatic heterocycles. The Bertz CT molecular complexity index is 604. The monoisotopic (exact) mass is 229 g/mol. The van der Waals surface area contributed by atoms with Crippen LogP contribution in [0.15, 0.2) is 53.5 Å². The maximum absolute atomic E-state index is 11.8. The fourth-order valence-electron chi connectivity index (χ4n) is 1.39. The van der Waals surface area contributed by atoms with E-state index < -0.39 is 5.91 Å². The molecule has 0 unspecified atom stereocenters. The van der Waals surface area contributed by atoms with E-state index in [-0.39, 0.29) is 5.56 Å². The van der Waals surface area contributed by atoms with Gasteiger partial charge in [0.05, 0.1) is 5.56 Å². The first-order valence-corrected chi connectivity index (χ1v) is 5.02. The molecule has 0 bridgehead atoms. The van der Waals surface area contributed by atoms with Gasteiger partial charge in [-0.25, -0.2) is 4.68 Å². The summed E-state index contributed by atoms with van der Waals surface area (Å²) in [6.07, 6.45) is 1.47. The number of benzene rings is 1. The smallest absolute Gasteiger partial charge is 0.272 e. The van der Waals surface area contributed by atoms with Gasteiger partial charge in [0.2, 0.25) is 0 Å². The molecule has 2 rings (SSSR count). The maximum Gasteiger partial charge on any atom is 0.272 e. The second-order valence-corrected chi connectivity index (χ2v) is 3.44. The van der Waals surface area contributed by atoms with E-state index in [2.05, 4.69) is 5.43 Å². The van der Waals surface area contributed by atoms with E-state index in [1.165, 1.54) is 12.3 Å². The van der Waals surface area contributed by atoms with Gasteiger partial charge in [-0.15, -0.1) is 0 Å². The summed E-state index contributed by atoms with van der Waals surface area (Å²) in [6.45, 7) is 0. The molecule has 1 heterocycles. The Hall–Kier alpha value is -2.56. The predicted octanol–water partition coefficient (Wildman–Crippen LogP) is 0.814. The van der Waals surface area contributed by atoms with E-state index in [4.69, 9.17) is 5.73 Å². The summed E-state index contributed by atoms with van der Waals surface area (Å²) >= 11 is 0. The number of hydrogen-bond donors (Lipinski definition) is 2. The number of amides is 1. The van der Waals surface area contributed by atoms with Crippen LogP contribution in [0.3, 0.4) is 0 Å². The van der Waals surface area contributed by atoms with Crippen molar-refractivity contribution in [3.63, 3.8) is 0 Å². The van der Waals surface area contributed by atoms with Gasteiger partial charge < -0.3 is 5.73 Å². The molecule has 17 heavy (non-hydrogen) atoms. The predicted molar refractivity (Wildman–Crippen MR) is 65.2 cm³/mol. The Morgan fingerprint density at radius 3 is 2.53 bits per heavy atom. The lowest BCUT2D eigenvalue weighted by Crippen LogP contribution is -2.32. The van der Waals surface area contributed by atoms with E-state index >= 15 is 0 Å². The summed E-state index contributed by atoms with van der Waals surface area (Å²) < 4.78 is 1.11. The van der Waals surface area contributed by atoms with Gasteiger partial charge in [0.15, 0.2) is 0 Å². The Kier molecular flexibility index (Phi) is 2.91.